The molecular formula is C22H23N3O3S. The number of likely N-dealkylation sites (N-methyl/N-ethyl adjacent to an activating group) is 1. The zero-order valence-electron chi connectivity index (χ0n) is 16.6. The Morgan fingerprint density at radius 2 is 2.07 bits per heavy atom. The standard InChI is InChI=1S/C22H23N3O3S/c1-3-24(16-9-7-8-10-16)20(26)14-28-22(27)19-13-18-15(2)23-25(21(18)29-19)17-11-5-4-6-12-17/h4-6,9,11-13H,3,7-8,10,14H2,1-2H3. The molecule has 0 bridgehead atoms. The molecule has 0 saturated carbocycles. The number of allylic oxidation sites excluding steroid dienone is 2. The fourth-order valence-corrected chi connectivity index (χ4v) is 4.68. The molecule has 7 heteroatoms. The van der Waals surface area contributed by atoms with Crippen LogP contribution in [0, 0.1) is 6.92 Å². The summed E-state index contributed by atoms with van der Waals surface area (Å²) >= 11 is 1.33. The average molecular weight is 410 g/mol. The molecule has 150 valence electrons. The molecule has 1 aliphatic rings. The number of carbonyl (C=O) groups excluding carboxylic acids is 2. The lowest BCUT2D eigenvalue weighted by Gasteiger charge is -2.21. The van der Waals surface area contributed by atoms with Gasteiger partial charge in [-0.15, -0.1) is 11.3 Å². The van der Waals surface area contributed by atoms with E-state index in [1.54, 1.807) is 11.0 Å². The van der Waals surface area contributed by atoms with Crippen LogP contribution in [0.25, 0.3) is 15.9 Å². The summed E-state index contributed by atoms with van der Waals surface area (Å²) in [6, 6.07) is 11.6. The molecule has 0 aliphatic heterocycles. The van der Waals surface area contributed by atoms with Crippen LogP contribution in [0.3, 0.4) is 0 Å². The van der Waals surface area contributed by atoms with Gasteiger partial charge in [0, 0.05) is 17.6 Å². The minimum atomic E-state index is -0.477. The van der Waals surface area contributed by atoms with Crippen LogP contribution in [0.5, 0.6) is 0 Å². The van der Waals surface area contributed by atoms with Gasteiger partial charge in [0.2, 0.25) is 0 Å². The minimum absolute atomic E-state index is 0.179. The summed E-state index contributed by atoms with van der Waals surface area (Å²) in [5.74, 6) is -0.656. The van der Waals surface area contributed by atoms with E-state index in [-0.39, 0.29) is 12.5 Å². The second kappa shape index (κ2) is 8.21. The molecule has 0 fully saturated rings. The number of nitrogens with zero attached hydrogens (tertiary/aromatic N) is 3. The van der Waals surface area contributed by atoms with Crippen molar-refractivity contribution in [3.8, 4) is 5.69 Å². The molecule has 2 aromatic heterocycles. The maximum atomic E-state index is 12.6. The number of esters is 1. The number of hydrogen-bond donors (Lipinski definition) is 0. The smallest absolute Gasteiger partial charge is 0.348 e. The van der Waals surface area contributed by atoms with Crippen LogP contribution in [0.2, 0.25) is 0 Å². The topological polar surface area (TPSA) is 64.4 Å². The van der Waals surface area contributed by atoms with Crippen molar-refractivity contribution in [3.63, 3.8) is 0 Å². The quantitative estimate of drug-likeness (QED) is 0.564. The van der Waals surface area contributed by atoms with Crippen LogP contribution in [0.15, 0.2) is 48.2 Å². The van der Waals surface area contributed by atoms with Gasteiger partial charge >= 0.3 is 5.97 Å². The Labute approximate surface area is 173 Å². The van der Waals surface area contributed by atoms with Crippen molar-refractivity contribution in [2.24, 2.45) is 0 Å². The first-order chi connectivity index (χ1) is 14.1. The van der Waals surface area contributed by atoms with Crippen LogP contribution < -0.4 is 0 Å². The monoisotopic (exact) mass is 409 g/mol. The van der Waals surface area contributed by atoms with Gasteiger partial charge in [0.25, 0.3) is 5.91 Å². The van der Waals surface area contributed by atoms with Gasteiger partial charge < -0.3 is 9.64 Å². The third-order valence-corrected chi connectivity index (χ3v) is 6.14. The van der Waals surface area contributed by atoms with E-state index >= 15 is 0 Å². The molecule has 0 spiro atoms. The molecule has 4 rings (SSSR count). The second-order valence-electron chi connectivity index (χ2n) is 6.96. The Hall–Kier alpha value is -2.93. The lowest BCUT2D eigenvalue weighted by atomic mass is 10.3. The van der Waals surface area contributed by atoms with E-state index < -0.39 is 5.97 Å². The highest BCUT2D eigenvalue weighted by atomic mass is 32.1. The fourth-order valence-electron chi connectivity index (χ4n) is 3.61. The Kier molecular flexibility index (Phi) is 5.49. The van der Waals surface area contributed by atoms with E-state index in [0.29, 0.717) is 11.4 Å². The maximum Gasteiger partial charge on any atom is 0.348 e. The van der Waals surface area contributed by atoms with Crippen molar-refractivity contribution in [2.45, 2.75) is 33.1 Å². The third-order valence-electron chi connectivity index (χ3n) is 5.05. The molecular weight excluding hydrogens is 386 g/mol. The van der Waals surface area contributed by atoms with Crippen molar-refractivity contribution in [2.75, 3.05) is 13.2 Å². The number of amides is 1. The van der Waals surface area contributed by atoms with Gasteiger partial charge in [-0.2, -0.15) is 5.10 Å². The van der Waals surface area contributed by atoms with E-state index in [2.05, 4.69) is 11.2 Å². The van der Waals surface area contributed by atoms with Crippen LogP contribution in [-0.2, 0) is 9.53 Å². The summed E-state index contributed by atoms with van der Waals surface area (Å²) in [4.78, 5) is 28.2. The van der Waals surface area contributed by atoms with E-state index in [1.165, 1.54) is 11.3 Å². The number of carbonyl (C=O) groups is 2. The van der Waals surface area contributed by atoms with Crippen molar-refractivity contribution in [1.29, 1.82) is 0 Å². The first-order valence-electron chi connectivity index (χ1n) is 9.79. The predicted molar refractivity (Wildman–Crippen MR) is 113 cm³/mol. The molecule has 1 aromatic carbocycles. The number of hydrogen-bond acceptors (Lipinski definition) is 5. The number of rotatable bonds is 6. The Morgan fingerprint density at radius 1 is 1.28 bits per heavy atom. The minimum Gasteiger partial charge on any atom is -0.451 e. The zero-order valence-corrected chi connectivity index (χ0v) is 17.4. The third kappa shape index (κ3) is 3.82. The summed E-state index contributed by atoms with van der Waals surface area (Å²) in [7, 11) is 0. The molecule has 1 aliphatic carbocycles. The number of thiophene rings is 1. The van der Waals surface area contributed by atoms with Gasteiger partial charge in [0.05, 0.1) is 11.4 Å². The molecule has 0 N–H and O–H groups in total. The first kappa shape index (κ1) is 19.4. The van der Waals surface area contributed by atoms with Crippen molar-refractivity contribution in [1.82, 2.24) is 14.7 Å². The average Bonchev–Trinajstić information content (AvgIpc) is 3.46. The Morgan fingerprint density at radius 3 is 2.76 bits per heavy atom. The molecule has 2 heterocycles. The fraction of sp³-hybridized carbons (Fsp3) is 0.318. The number of ether oxygens (including phenoxy) is 1. The van der Waals surface area contributed by atoms with Gasteiger partial charge in [-0.1, -0.05) is 24.3 Å². The maximum absolute atomic E-state index is 12.6. The first-order valence-corrected chi connectivity index (χ1v) is 10.6. The summed E-state index contributed by atoms with van der Waals surface area (Å²) < 4.78 is 7.18. The number of aromatic nitrogens is 2. The van der Waals surface area contributed by atoms with Gasteiger partial charge in [-0.3, -0.25) is 4.79 Å². The number of fused-ring (bicyclic) bond motifs is 1. The summed E-state index contributed by atoms with van der Waals surface area (Å²) in [6.07, 6.45) is 5.06. The van der Waals surface area contributed by atoms with Crippen LogP contribution in [0.4, 0.5) is 0 Å². The van der Waals surface area contributed by atoms with Crippen molar-refractivity contribution >= 4 is 33.4 Å². The largest absolute Gasteiger partial charge is 0.451 e. The van der Waals surface area contributed by atoms with E-state index in [9.17, 15) is 9.59 Å². The Balaban J connectivity index is 1.50. The highest BCUT2D eigenvalue weighted by molar-refractivity contribution is 7.20. The zero-order chi connectivity index (χ0) is 20.4. The number of benzene rings is 1. The number of para-hydroxylation sites is 1. The van der Waals surface area contributed by atoms with Gasteiger partial charge in [0.15, 0.2) is 6.61 Å². The van der Waals surface area contributed by atoms with Crippen molar-refractivity contribution < 1.29 is 14.3 Å². The van der Waals surface area contributed by atoms with E-state index in [0.717, 1.165) is 46.6 Å². The molecule has 3 aromatic rings. The normalized spacial score (nSPS) is 13.5. The molecule has 29 heavy (non-hydrogen) atoms. The molecule has 0 saturated heterocycles. The molecule has 1 amide bonds. The summed E-state index contributed by atoms with van der Waals surface area (Å²) in [5.41, 5.74) is 2.82. The summed E-state index contributed by atoms with van der Waals surface area (Å²) in [5, 5.41) is 5.50. The molecule has 0 unspecified atom stereocenters. The Bertz CT molecular complexity index is 1080. The lowest BCUT2D eigenvalue weighted by Crippen LogP contribution is -2.33. The van der Waals surface area contributed by atoms with Gasteiger partial charge in [-0.05, 0) is 51.3 Å². The van der Waals surface area contributed by atoms with Crippen molar-refractivity contribution in [3.05, 3.63) is 58.7 Å². The van der Waals surface area contributed by atoms with Gasteiger partial charge in [-0.25, -0.2) is 9.48 Å². The van der Waals surface area contributed by atoms with E-state index in [1.807, 2.05) is 48.9 Å². The van der Waals surface area contributed by atoms with Crippen LogP contribution in [0.1, 0.15) is 41.6 Å². The van der Waals surface area contributed by atoms with E-state index in [4.69, 9.17) is 4.74 Å². The van der Waals surface area contributed by atoms with Crippen LogP contribution in [-0.4, -0.2) is 39.7 Å². The number of aryl methyl sites for hydroxylation is 1. The predicted octanol–water partition coefficient (Wildman–Crippen LogP) is 4.47. The van der Waals surface area contributed by atoms with Gasteiger partial charge in [0.1, 0.15) is 9.71 Å². The second-order valence-corrected chi connectivity index (χ2v) is 7.99. The van der Waals surface area contributed by atoms with Crippen LogP contribution >= 0.6 is 11.3 Å². The molecule has 6 nitrogen and oxygen atoms in total. The summed E-state index contributed by atoms with van der Waals surface area (Å²) in [6.45, 7) is 4.18. The highest BCUT2D eigenvalue weighted by Gasteiger charge is 2.22. The molecule has 0 radical (unpaired) electrons. The highest BCUT2D eigenvalue weighted by Crippen LogP contribution is 2.31. The SMILES string of the molecule is CCN(C(=O)COC(=O)c1cc2c(C)nn(-c3ccccc3)c2s1)C1=CCCC1. The lowest BCUT2D eigenvalue weighted by molar-refractivity contribution is -0.132. The molecule has 0 atom stereocenters.